The highest BCUT2D eigenvalue weighted by atomic mass is 19.4. The molecule has 0 saturated heterocycles. The fraction of sp³-hybridized carbons (Fsp3) is 0.500. The molecule has 0 fully saturated rings. The zero-order valence-corrected chi connectivity index (χ0v) is 9.09. The van der Waals surface area contributed by atoms with Crippen LogP contribution in [0.15, 0.2) is 24.3 Å². The lowest BCUT2D eigenvalue weighted by Crippen LogP contribution is -2.16. The number of aryl methyl sites for hydroxylation is 1. The van der Waals surface area contributed by atoms with Gasteiger partial charge >= 0.3 is 6.18 Å². The summed E-state index contributed by atoms with van der Waals surface area (Å²) >= 11 is 0. The van der Waals surface area contributed by atoms with Crippen molar-refractivity contribution in [2.45, 2.75) is 38.5 Å². The molecule has 0 amide bonds. The summed E-state index contributed by atoms with van der Waals surface area (Å²) < 4.78 is 35.8. The average molecular weight is 232 g/mol. The Balaban J connectivity index is 2.46. The van der Waals surface area contributed by atoms with E-state index in [1.165, 1.54) is 0 Å². The summed E-state index contributed by atoms with van der Waals surface area (Å²) in [6.07, 6.45) is -6.00. The Morgan fingerprint density at radius 2 is 1.88 bits per heavy atom. The third kappa shape index (κ3) is 4.66. The molecule has 1 atom stereocenters. The topological polar surface area (TPSA) is 20.2 Å². The molecule has 0 saturated carbocycles. The van der Waals surface area contributed by atoms with Gasteiger partial charge < -0.3 is 5.11 Å². The van der Waals surface area contributed by atoms with E-state index in [2.05, 4.69) is 0 Å². The van der Waals surface area contributed by atoms with Gasteiger partial charge in [0.15, 0.2) is 0 Å². The van der Waals surface area contributed by atoms with Gasteiger partial charge in [-0.05, 0) is 30.9 Å². The van der Waals surface area contributed by atoms with Crippen LogP contribution in [0.2, 0.25) is 0 Å². The summed E-state index contributed by atoms with van der Waals surface area (Å²) in [7, 11) is 0. The van der Waals surface area contributed by atoms with Crippen LogP contribution in [0, 0.1) is 6.92 Å². The normalized spacial score (nSPS) is 13.8. The molecule has 1 aromatic carbocycles. The molecule has 1 aromatic rings. The SMILES string of the molecule is Cc1ccccc1CC(O)CCC(F)(F)F. The summed E-state index contributed by atoms with van der Waals surface area (Å²) in [4.78, 5) is 0. The van der Waals surface area contributed by atoms with Crippen molar-refractivity contribution in [1.82, 2.24) is 0 Å². The molecule has 0 aromatic heterocycles. The van der Waals surface area contributed by atoms with Crippen LogP contribution in [-0.2, 0) is 6.42 Å². The molecular formula is C12H15F3O. The Labute approximate surface area is 92.9 Å². The fourth-order valence-electron chi connectivity index (χ4n) is 1.53. The van der Waals surface area contributed by atoms with Crippen LogP contribution in [0.4, 0.5) is 13.2 Å². The average Bonchev–Trinajstić information content (AvgIpc) is 2.18. The summed E-state index contributed by atoms with van der Waals surface area (Å²) in [5.74, 6) is 0. The standard InChI is InChI=1S/C12H15F3O/c1-9-4-2-3-5-10(9)8-11(16)6-7-12(13,14)15/h2-5,11,16H,6-8H2,1H3. The van der Waals surface area contributed by atoms with Gasteiger partial charge in [-0.3, -0.25) is 0 Å². The number of hydrogen-bond acceptors (Lipinski definition) is 1. The zero-order valence-electron chi connectivity index (χ0n) is 9.09. The first-order chi connectivity index (χ1) is 7.38. The second-order valence-electron chi connectivity index (χ2n) is 3.94. The third-order valence-electron chi connectivity index (χ3n) is 2.48. The lowest BCUT2D eigenvalue weighted by molar-refractivity contribution is -0.139. The quantitative estimate of drug-likeness (QED) is 0.844. The number of aliphatic hydroxyl groups is 1. The van der Waals surface area contributed by atoms with E-state index in [0.717, 1.165) is 11.1 Å². The highest BCUT2D eigenvalue weighted by Crippen LogP contribution is 2.23. The van der Waals surface area contributed by atoms with Crippen molar-refractivity contribution in [1.29, 1.82) is 0 Å². The monoisotopic (exact) mass is 232 g/mol. The van der Waals surface area contributed by atoms with Gasteiger partial charge in [-0.15, -0.1) is 0 Å². The molecule has 0 aliphatic carbocycles. The highest BCUT2D eigenvalue weighted by molar-refractivity contribution is 5.26. The molecule has 1 unspecified atom stereocenters. The van der Waals surface area contributed by atoms with E-state index in [1.54, 1.807) is 0 Å². The Morgan fingerprint density at radius 3 is 2.44 bits per heavy atom. The molecule has 90 valence electrons. The van der Waals surface area contributed by atoms with E-state index in [4.69, 9.17) is 0 Å². The molecule has 0 aliphatic heterocycles. The summed E-state index contributed by atoms with van der Waals surface area (Å²) in [6.45, 7) is 1.88. The summed E-state index contributed by atoms with van der Waals surface area (Å²) in [5.41, 5.74) is 1.89. The van der Waals surface area contributed by atoms with Crippen molar-refractivity contribution >= 4 is 0 Å². The van der Waals surface area contributed by atoms with Crippen LogP contribution in [0.25, 0.3) is 0 Å². The van der Waals surface area contributed by atoms with Crippen LogP contribution in [-0.4, -0.2) is 17.4 Å². The summed E-state index contributed by atoms with van der Waals surface area (Å²) in [6, 6.07) is 7.39. The van der Waals surface area contributed by atoms with Gasteiger partial charge in [-0.25, -0.2) is 0 Å². The molecule has 1 nitrogen and oxygen atoms in total. The van der Waals surface area contributed by atoms with E-state index < -0.39 is 18.7 Å². The number of aliphatic hydroxyl groups excluding tert-OH is 1. The van der Waals surface area contributed by atoms with Gasteiger partial charge in [0.1, 0.15) is 0 Å². The van der Waals surface area contributed by atoms with Crippen LogP contribution < -0.4 is 0 Å². The molecular weight excluding hydrogens is 217 g/mol. The largest absolute Gasteiger partial charge is 0.393 e. The minimum atomic E-state index is -4.19. The first kappa shape index (κ1) is 13.0. The Morgan fingerprint density at radius 1 is 1.25 bits per heavy atom. The van der Waals surface area contributed by atoms with E-state index in [9.17, 15) is 18.3 Å². The maximum atomic E-state index is 11.9. The molecule has 0 aliphatic rings. The van der Waals surface area contributed by atoms with E-state index >= 15 is 0 Å². The Bertz CT molecular complexity index is 333. The number of halogens is 3. The van der Waals surface area contributed by atoms with Crippen LogP contribution in [0.3, 0.4) is 0 Å². The number of benzene rings is 1. The van der Waals surface area contributed by atoms with Crippen molar-refractivity contribution in [3.8, 4) is 0 Å². The number of alkyl halides is 3. The fourth-order valence-corrected chi connectivity index (χ4v) is 1.53. The maximum Gasteiger partial charge on any atom is 0.389 e. The van der Waals surface area contributed by atoms with Crippen molar-refractivity contribution < 1.29 is 18.3 Å². The number of hydrogen-bond donors (Lipinski definition) is 1. The molecule has 4 heteroatoms. The molecule has 16 heavy (non-hydrogen) atoms. The highest BCUT2D eigenvalue weighted by Gasteiger charge is 2.27. The van der Waals surface area contributed by atoms with Gasteiger partial charge in [0.2, 0.25) is 0 Å². The van der Waals surface area contributed by atoms with Crippen LogP contribution in [0.5, 0.6) is 0 Å². The van der Waals surface area contributed by atoms with Crippen LogP contribution in [0.1, 0.15) is 24.0 Å². The first-order valence-corrected chi connectivity index (χ1v) is 5.18. The number of rotatable bonds is 4. The lowest BCUT2D eigenvalue weighted by Gasteiger charge is -2.13. The second kappa shape index (κ2) is 5.34. The van der Waals surface area contributed by atoms with E-state index in [-0.39, 0.29) is 12.8 Å². The smallest absolute Gasteiger partial charge is 0.389 e. The van der Waals surface area contributed by atoms with E-state index in [0.29, 0.717) is 0 Å². The first-order valence-electron chi connectivity index (χ1n) is 5.18. The molecule has 0 spiro atoms. The van der Waals surface area contributed by atoms with Gasteiger partial charge in [-0.2, -0.15) is 13.2 Å². The molecule has 0 bridgehead atoms. The van der Waals surface area contributed by atoms with E-state index in [1.807, 2.05) is 31.2 Å². The molecule has 0 radical (unpaired) electrons. The van der Waals surface area contributed by atoms with Crippen molar-refractivity contribution in [3.05, 3.63) is 35.4 Å². The van der Waals surface area contributed by atoms with Crippen LogP contribution >= 0.6 is 0 Å². The molecule has 1 rings (SSSR count). The van der Waals surface area contributed by atoms with Crippen molar-refractivity contribution in [2.24, 2.45) is 0 Å². The van der Waals surface area contributed by atoms with Gasteiger partial charge in [0.05, 0.1) is 6.10 Å². The predicted octanol–water partition coefficient (Wildman–Crippen LogP) is 3.24. The van der Waals surface area contributed by atoms with Gasteiger partial charge in [0.25, 0.3) is 0 Å². The Hall–Kier alpha value is -1.03. The summed E-state index contributed by atoms with van der Waals surface area (Å²) in [5, 5.41) is 9.49. The maximum absolute atomic E-state index is 11.9. The zero-order chi connectivity index (χ0) is 12.2. The minimum absolute atomic E-state index is 0.238. The third-order valence-corrected chi connectivity index (χ3v) is 2.48. The predicted molar refractivity (Wildman–Crippen MR) is 56.2 cm³/mol. The molecule has 1 N–H and O–H groups in total. The Kier molecular flexibility index (Phi) is 4.35. The van der Waals surface area contributed by atoms with Gasteiger partial charge in [-0.1, -0.05) is 24.3 Å². The van der Waals surface area contributed by atoms with Crippen molar-refractivity contribution in [3.63, 3.8) is 0 Å². The van der Waals surface area contributed by atoms with Gasteiger partial charge in [0, 0.05) is 6.42 Å². The molecule has 0 heterocycles. The minimum Gasteiger partial charge on any atom is -0.393 e. The van der Waals surface area contributed by atoms with Crippen molar-refractivity contribution in [2.75, 3.05) is 0 Å². The second-order valence-corrected chi connectivity index (χ2v) is 3.94. The lowest BCUT2D eigenvalue weighted by atomic mass is 10.0.